The second kappa shape index (κ2) is 27.9. The van der Waals surface area contributed by atoms with Gasteiger partial charge in [-0.1, -0.05) is 49.5 Å². The summed E-state index contributed by atoms with van der Waals surface area (Å²) in [6.07, 6.45) is 0.00921. The van der Waals surface area contributed by atoms with Crippen molar-refractivity contribution in [3.05, 3.63) is 80.9 Å². The van der Waals surface area contributed by atoms with Gasteiger partial charge in [-0.25, -0.2) is 36.1 Å². The molecule has 26 nitrogen and oxygen atoms in total. The highest BCUT2D eigenvalue weighted by atomic mass is 32.2. The number of fused-ring (bicyclic) bond motifs is 2. The van der Waals surface area contributed by atoms with Crippen LogP contribution in [0.5, 0.6) is 0 Å². The molecule has 0 spiro atoms. The molecule has 0 radical (unpaired) electrons. The molecule has 6 fully saturated rings. The van der Waals surface area contributed by atoms with E-state index in [2.05, 4.69) is 30.6 Å². The molecule has 4 heterocycles. The number of nitrogens with zero attached hydrogens (tertiary/aromatic N) is 9. The first kappa shape index (κ1) is 69.3. The van der Waals surface area contributed by atoms with Gasteiger partial charge in [-0.2, -0.15) is 35.4 Å². The van der Waals surface area contributed by atoms with Gasteiger partial charge >= 0.3 is 26.1 Å². The molecule has 4 saturated carbocycles. The molecule has 6 N–H and O–H groups in total. The fraction of sp³-hybridized carbons (Fsp3) is 0.643. The molecule has 2 aromatic carbocycles. The monoisotopic (exact) mass is 1350 g/mol. The SMILES string of the molecule is CCCSc1nc(N[C@@H]2C[C@H](OCCO)[C@H]3OC(C)(C)O[C@H]32)c(N)c(N([C@@H]2C[C@H]2c2ccc(F)c(F)c2)S(=O)(=O)N(C)C)n1.CCCSc1nc(N[C@@H]2C[C@H](OCCO)[C@H]3OC(C)(C)O[C@H]32)c([N+](=O)[O-])c(N([C@@H]2C[C@H]2c2ccc(F)c(F)c2)S(=O)(=O)N(C)C)n1. The Morgan fingerprint density at radius 1 is 0.644 bits per heavy atom. The lowest BCUT2D eigenvalue weighted by Crippen LogP contribution is -2.43. The minimum atomic E-state index is -4.40. The maximum Gasteiger partial charge on any atom is 0.354 e. The number of aliphatic hydroxyl groups excluding tert-OH is 2. The topological polar surface area (TPSA) is 322 Å². The third-order valence-corrected chi connectivity index (χ3v) is 21.7. The number of nitrogen functional groups attached to an aromatic ring is 1. The van der Waals surface area contributed by atoms with E-state index in [-0.39, 0.29) is 73.3 Å². The van der Waals surface area contributed by atoms with Crippen LogP contribution in [0.2, 0.25) is 0 Å². The number of hydrogen-bond acceptors (Lipinski definition) is 23. The summed E-state index contributed by atoms with van der Waals surface area (Å²) in [5.41, 5.74) is 6.86. The lowest BCUT2D eigenvalue weighted by atomic mass is 10.1. The minimum Gasteiger partial charge on any atom is -0.394 e. The maximum atomic E-state index is 14.1. The quantitative estimate of drug-likeness (QED) is 0.0140. The molecule has 0 unspecified atom stereocenters. The number of halogens is 4. The second-order valence-electron chi connectivity index (χ2n) is 23.8. The number of nitrogens with one attached hydrogen (secondary N) is 2. The van der Waals surface area contributed by atoms with Crippen LogP contribution in [0.4, 0.5) is 52.2 Å². The summed E-state index contributed by atoms with van der Waals surface area (Å²) in [5.74, 6) is -6.11. The van der Waals surface area contributed by atoms with E-state index in [1.54, 1.807) is 13.8 Å². The molecule has 2 aromatic heterocycles. The maximum absolute atomic E-state index is 14.1. The summed E-state index contributed by atoms with van der Waals surface area (Å²) in [7, 11) is -3.13. The number of thioether (sulfide) groups is 2. The Balaban J connectivity index is 0.000000214. The zero-order chi connectivity index (χ0) is 65.5. The van der Waals surface area contributed by atoms with Crippen LogP contribution in [0.25, 0.3) is 0 Å². The van der Waals surface area contributed by atoms with Crippen LogP contribution in [0.15, 0.2) is 46.7 Å². The highest BCUT2D eigenvalue weighted by molar-refractivity contribution is 7.99. The van der Waals surface area contributed by atoms with Crippen LogP contribution in [0.3, 0.4) is 0 Å². The Labute approximate surface area is 529 Å². The number of hydrogen-bond donors (Lipinski definition) is 5. The Morgan fingerprint density at radius 2 is 1.04 bits per heavy atom. The number of ether oxygens (including phenoxy) is 6. The van der Waals surface area contributed by atoms with Crippen molar-refractivity contribution in [1.29, 1.82) is 0 Å². The van der Waals surface area contributed by atoms with Crippen molar-refractivity contribution >= 4 is 78.6 Å². The molecule has 0 bridgehead atoms. The third-order valence-electron chi connectivity index (χ3n) is 15.8. The molecule has 12 atom stereocenters. The zero-order valence-electron chi connectivity index (χ0n) is 51.4. The smallest absolute Gasteiger partial charge is 0.354 e. The van der Waals surface area contributed by atoms with Crippen molar-refractivity contribution in [2.75, 3.05) is 91.1 Å². The fourth-order valence-corrected chi connectivity index (χ4v) is 15.6. The first-order valence-corrected chi connectivity index (χ1v) is 34.2. The Hall–Kier alpha value is -5.08. The molecule has 4 aliphatic carbocycles. The molecule has 34 heteroatoms. The van der Waals surface area contributed by atoms with Gasteiger partial charge in [0.05, 0.1) is 67.7 Å². The van der Waals surface area contributed by atoms with Gasteiger partial charge in [-0.15, -0.1) is 0 Å². The average molecular weight is 1350 g/mol. The molecule has 2 saturated heterocycles. The van der Waals surface area contributed by atoms with Crippen LogP contribution < -0.4 is 25.0 Å². The summed E-state index contributed by atoms with van der Waals surface area (Å²) < 4.78 is 151. The van der Waals surface area contributed by atoms with Crippen LogP contribution in [-0.2, 0) is 48.8 Å². The van der Waals surface area contributed by atoms with Crippen molar-refractivity contribution < 1.29 is 78.0 Å². The van der Waals surface area contributed by atoms with Crippen molar-refractivity contribution in [2.24, 2.45) is 0 Å². The highest BCUT2D eigenvalue weighted by Gasteiger charge is 2.58. The summed E-state index contributed by atoms with van der Waals surface area (Å²) in [5, 5.41) is 38.4. The molecule has 90 heavy (non-hydrogen) atoms. The van der Waals surface area contributed by atoms with Crippen LogP contribution in [0, 0.1) is 33.4 Å². The van der Waals surface area contributed by atoms with Crippen molar-refractivity contribution in [3.8, 4) is 0 Å². The predicted molar refractivity (Wildman–Crippen MR) is 328 cm³/mol. The number of rotatable bonds is 27. The summed E-state index contributed by atoms with van der Waals surface area (Å²) in [6.45, 7) is 10.9. The van der Waals surface area contributed by atoms with E-state index in [1.165, 1.54) is 68.2 Å². The van der Waals surface area contributed by atoms with E-state index in [1.807, 2.05) is 27.7 Å². The molecule has 4 aromatic rings. The highest BCUT2D eigenvalue weighted by Crippen LogP contribution is 2.53. The normalized spacial score (nSPS) is 27.1. The number of nitrogens with two attached hydrogens (primary N) is 1. The van der Waals surface area contributed by atoms with Gasteiger partial charge in [0.1, 0.15) is 30.1 Å². The standard InChI is InChI=1S/C28H38F2N6O8S2.C28H40F2N6O6S2/c1-6-11-45-27-32-25(31-19-14-21(42-10-9-37)24-23(19)43-28(2,3)44-24)22(36(38)39)26(33-27)35(46(40,41)34(4)5)20-13-16(20)15-7-8-17(29)18(30)12-15;1-6-11-43-27-33-25(32-19-14-21(40-10-9-37)24-23(19)41-28(2,3)42-24)22(31)26(34-27)36(44(38,39)35(4)5)20-13-16(20)15-7-8-17(29)18(30)12-15/h7-8,12,16,19-21,23-24,37H,6,9-11,13-14H2,1-5H3,(H,31,32,33);7-8,12,16,19-21,23-24,37H,6,9-11,13-14,31H2,1-5H3,(H,32,33,34)/t2*16-,19+,20+,21-,23-,24+/m00/s1. The average Bonchev–Trinajstić information content (AvgIpc) is 1.60. The summed E-state index contributed by atoms with van der Waals surface area (Å²) in [6, 6.07) is 4.44. The van der Waals surface area contributed by atoms with Crippen LogP contribution in [-0.4, -0.2) is 199 Å². The first-order chi connectivity index (χ1) is 42.4. The van der Waals surface area contributed by atoms with E-state index in [0.717, 1.165) is 50.0 Å². The largest absolute Gasteiger partial charge is 0.394 e. The van der Waals surface area contributed by atoms with Gasteiger partial charge in [-0.05, 0) is 102 Å². The van der Waals surface area contributed by atoms with Crippen molar-refractivity contribution in [3.63, 3.8) is 0 Å². The molecule has 10 rings (SSSR count). The van der Waals surface area contributed by atoms with E-state index < -0.39 is 132 Å². The zero-order valence-corrected chi connectivity index (χ0v) is 54.7. The van der Waals surface area contributed by atoms with Crippen molar-refractivity contribution in [1.82, 2.24) is 28.5 Å². The Morgan fingerprint density at radius 3 is 1.44 bits per heavy atom. The summed E-state index contributed by atoms with van der Waals surface area (Å²) >= 11 is 2.57. The number of nitro groups is 1. The molecular formula is C56H78F4N12O14S4. The number of aliphatic hydroxyl groups is 2. The molecule has 498 valence electrons. The predicted octanol–water partition coefficient (Wildman–Crippen LogP) is 6.51. The third kappa shape index (κ3) is 15.0. The lowest BCUT2D eigenvalue weighted by molar-refractivity contribution is -0.383. The number of anilines is 5. The van der Waals surface area contributed by atoms with E-state index in [9.17, 15) is 54.7 Å². The Kier molecular flexibility index (Phi) is 21.4. The lowest BCUT2D eigenvalue weighted by Gasteiger charge is -2.29. The Bertz CT molecular complexity index is 3480. The molecular weight excluding hydrogens is 1270 g/mol. The van der Waals surface area contributed by atoms with Gasteiger partial charge in [0.25, 0.3) is 0 Å². The number of benzene rings is 2. The number of aromatic nitrogens is 4. The fourth-order valence-electron chi connectivity index (χ4n) is 11.6. The van der Waals surface area contributed by atoms with Gasteiger partial charge in [0.2, 0.25) is 11.6 Å². The molecule has 0 amide bonds. The second-order valence-corrected chi connectivity index (χ2v) is 29.9. The van der Waals surface area contributed by atoms with Crippen LogP contribution in [0.1, 0.15) is 103 Å². The molecule has 2 aliphatic heterocycles. The molecule has 6 aliphatic rings. The van der Waals surface area contributed by atoms with Gasteiger partial charge in [-0.3, -0.25) is 10.1 Å². The van der Waals surface area contributed by atoms with E-state index in [0.29, 0.717) is 47.1 Å². The first-order valence-electron chi connectivity index (χ1n) is 29.5. The summed E-state index contributed by atoms with van der Waals surface area (Å²) in [4.78, 5) is 30.3. The van der Waals surface area contributed by atoms with E-state index >= 15 is 0 Å². The van der Waals surface area contributed by atoms with Gasteiger partial charge < -0.3 is 55.0 Å². The van der Waals surface area contributed by atoms with Gasteiger partial charge in [0.15, 0.2) is 56.8 Å². The van der Waals surface area contributed by atoms with Crippen LogP contribution >= 0.6 is 23.5 Å². The van der Waals surface area contributed by atoms with Gasteiger partial charge in [0, 0.05) is 51.5 Å². The minimum absolute atomic E-state index is 0.00330. The van der Waals surface area contributed by atoms with E-state index in [4.69, 9.17) is 34.2 Å². The van der Waals surface area contributed by atoms with Crippen molar-refractivity contribution in [2.45, 2.75) is 175 Å².